The van der Waals surface area contributed by atoms with E-state index in [0.717, 1.165) is 25.7 Å². The number of benzene rings is 1. The first-order valence-corrected chi connectivity index (χ1v) is 11.7. The molecule has 4 rings (SSSR count). The highest BCUT2D eigenvalue weighted by molar-refractivity contribution is 7.99. The van der Waals surface area contributed by atoms with Crippen molar-refractivity contribution in [1.82, 2.24) is 19.7 Å². The highest BCUT2D eigenvalue weighted by atomic mass is 32.2. The predicted molar refractivity (Wildman–Crippen MR) is 113 cm³/mol. The SMILES string of the molecule is CC(C)N(C(=O)CSc1nnc(-c2ccccc2F)n1C1CC1)C1CCCCC1. The molecule has 0 radical (unpaired) electrons. The Bertz CT molecular complexity index is 858. The summed E-state index contributed by atoms with van der Waals surface area (Å²) in [6, 6.07) is 7.52. The maximum absolute atomic E-state index is 14.3. The lowest BCUT2D eigenvalue weighted by molar-refractivity contribution is -0.133. The van der Waals surface area contributed by atoms with E-state index in [2.05, 4.69) is 28.9 Å². The van der Waals surface area contributed by atoms with Crippen LogP contribution < -0.4 is 0 Å². The second-order valence-corrected chi connectivity index (χ2v) is 9.30. The minimum atomic E-state index is -0.294. The lowest BCUT2D eigenvalue weighted by Crippen LogP contribution is -2.46. The number of carbonyl (C=O) groups excluding carboxylic acids is 1. The van der Waals surface area contributed by atoms with Gasteiger partial charge < -0.3 is 4.90 Å². The molecule has 2 saturated carbocycles. The van der Waals surface area contributed by atoms with Crippen molar-refractivity contribution in [2.75, 3.05) is 5.75 Å². The van der Waals surface area contributed by atoms with Crippen LogP contribution in [0.25, 0.3) is 11.4 Å². The molecule has 7 heteroatoms. The van der Waals surface area contributed by atoms with Crippen molar-refractivity contribution in [3.63, 3.8) is 0 Å². The summed E-state index contributed by atoms with van der Waals surface area (Å²) in [7, 11) is 0. The molecule has 0 saturated heterocycles. The second kappa shape index (κ2) is 8.86. The Balaban J connectivity index is 1.51. The Hall–Kier alpha value is -1.89. The predicted octanol–water partition coefficient (Wildman–Crippen LogP) is 5.08. The monoisotopic (exact) mass is 416 g/mol. The summed E-state index contributed by atoms with van der Waals surface area (Å²) in [5.41, 5.74) is 0.469. The average molecular weight is 417 g/mol. The topological polar surface area (TPSA) is 51.0 Å². The van der Waals surface area contributed by atoms with Crippen molar-refractivity contribution in [3.05, 3.63) is 30.1 Å². The van der Waals surface area contributed by atoms with E-state index in [1.807, 2.05) is 10.6 Å². The highest BCUT2D eigenvalue weighted by Gasteiger charge is 2.32. The molecule has 0 N–H and O–H groups in total. The van der Waals surface area contributed by atoms with Crippen LogP contribution in [-0.4, -0.2) is 43.4 Å². The first kappa shape index (κ1) is 20.4. The molecule has 2 fully saturated rings. The summed E-state index contributed by atoms with van der Waals surface area (Å²) in [6.45, 7) is 4.19. The Morgan fingerprint density at radius 1 is 1.17 bits per heavy atom. The van der Waals surface area contributed by atoms with Crippen molar-refractivity contribution in [2.45, 2.75) is 82.1 Å². The number of halogens is 1. The minimum absolute atomic E-state index is 0.162. The van der Waals surface area contributed by atoms with Gasteiger partial charge in [-0.1, -0.05) is 43.2 Å². The smallest absolute Gasteiger partial charge is 0.233 e. The van der Waals surface area contributed by atoms with Crippen LogP contribution in [0.5, 0.6) is 0 Å². The van der Waals surface area contributed by atoms with Crippen molar-refractivity contribution in [2.24, 2.45) is 0 Å². The van der Waals surface area contributed by atoms with Gasteiger partial charge in [0, 0.05) is 18.1 Å². The number of hydrogen-bond donors (Lipinski definition) is 0. The summed E-state index contributed by atoms with van der Waals surface area (Å²) in [5, 5.41) is 9.32. The molecule has 0 unspecified atom stereocenters. The van der Waals surface area contributed by atoms with Gasteiger partial charge in [-0.3, -0.25) is 9.36 Å². The Morgan fingerprint density at radius 3 is 2.55 bits per heavy atom. The van der Waals surface area contributed by atoms with E-state index in [9.17, 15) is 9.18 Å². The molecular weight excluding hydrogens is 387 g/mol. The van der Waals surface area contributed by atoms with Gasteiger partial charge in [-0.25, -0.2) is 4.39 Å². The van der Waals surface area contributed by atoms with Crippen LogP contribution in [0, 0.1) is 5.82 Å². The number of nitrogens with zero attached hydrogens (tertiary/aromatic N) is 4. The van der Waals surface area contributed by atoms with E-state index in [1.54, 1.807) is 12.1 Å². The zero-order valence-electron chi connectivity index (χ0n) is 17.2. The molecule has 156 valence electrons. The Morgan fingerprint density at radius 2 is 1.90 bits per heavy atom. The van der Waals surface area contributed by atoms with Crippen LogP contribution in [0.15, 0.2) is 29.4 Å². The minimum Gasteiger partial charge on any atom is -0.337 e. The number of carbonyl (C=O) groups is 1. The first-order chi connectivity index (χ1) is 14.1. The molecule has 1 aromatic heterocycles. The average Bonchev–Trinajstić information content (AvgIpc) is 3.47. The maximum atomic E-state index is 14.3. The fourth-order valence-electron chi connectivity index (χ4n) is 4.34. The fraction of sp³-hybridized carbons (Fsp3) is 0.591. The summed E-state index contributed by atoms with van der Waals surface area (Å²) in [4.78, 5) is 15.1. The van der Waals surface area contributed by atoms with Crippen molar-refractivity contribution in [1.29, 1.82) is 0 Å². The van der Waals surface area contributed by atoms with Crippen LogP contribution >= 0.6 is 11.8 Å². The fourth-order valence-corrected chi connectivity index (χ4v) is 5.21. The van der Waals surface area contributed by atoms with Crippen LogP contribution in [0.1, 0.15) is 64.8 Å². The van der Waals surface area contributed by atoms with Gasteiger partial charge in [0.15, 0.2) is 11.0 Å². The van der Waals surface area contributed by atoms with Gasteiger partial charge >= 0.3 is 0 Å². The largest absolute Gasteiger partial charge is 0.337 e. The summed E-state index contributed by atoms with van der Waals surface area (Å²) >= 11 is 1.43. The molecule has 2 aliphatic rings. The summed E-state index contributed by atoms with van der Waals surface area (Å²) in [5.74, 6) is 0.775. The van der Waals surface area contributed by atoms with Crippen LogP contribution in [0.2, 0.25) is 0 Å². The number of amides is 1. The summed E-state index contributed by atoms with van der Waals surface area (Å²) in [6.07, 6.45) is 7.97. The van der Waals surface area contributed by atoms with Crippen LogP contribution in [0.4, 0.5) is 4.39 Å². The second-order valence-electron chi connectivity index (χ2n) is 8.36. The number of thioether (sulfide) groups is 1. The van der Waals surface area contributed by atoms with Crippen molar-refractivity contribution < 1.29 is 9.18 Å². The number of rotatable bonds is 7. The molecule has 1 amide bonds. The van der Waals surface area contributed by atoms with E-state index in [0.29, 0.717) is 34.4 Å². The first-order valence-electron chi connectivity index (χ1n) is 10.7. The highest BCUT2D eigenvalue weighted by Crippen LogP contribution is 2.41. The molecule has 0 atom stereocenters. The van der Waals surface area contributed by atoms with Gasteiger partial charge in [0.25, 0.3) is 0 Å². The van der Waals surface area contributed by atoms with Gasteiger partial charge in [-0.2, -0.15) is 0 Å². The third kappa shape index (κ3) is 4.49. The van der Waals surface area contributed by atoms with E-state index in [-0.39, 0.29) is 17.8 Å². The van der Waals surface area contributed by atoms with Crippen LogP contribution in [-0.2, 0) is 4.79 Å². The van der Waals surface area contributed by atoms with E-state index in [4.69, 9.17) is 0 Å². The van der Waals surface area contributed by atoms with Gasteiger partial charge in [0.1, 0.15) is 5.82 Å². The number of hydrogen-bond acceptors (Lipinski definition) is 4. The molecule has 0 aliphatic heterocycles. The zero-order valence-corrected chi connectivity index (χ0v) is 18.0. The zero-order chi connectivity index (χ0) is 20.4. The molecule has 2 aromatic rings. The molecule has 1 heterocycles. The normalized spacial score (nSPS) is 17.7. The Kier molecular flexibility index (Phi) is 6.23. The molecule has 2 aliphatic carbocycles. The van der Waals surface area contributed by atoms with Gasteiger partial charge in [-0.15, -0.1) is 10.2 Å². The Labute approximate surface area is 176 Å². The van der Waals surface area contributed by atoms with Gasteiger partial charge in [-0.05, 0) is 51.7 Å². The van der Waals surface area contributed by atoms with Crippen LogP contribution in [0.3, 0.4) is 0 Å². The maximum Gasteiger partial charge on any atom is 0.233 e. The molecular formula is C22H29FN4OS. The van der Waals surface area contributed by atoms with Gasteiger partial charge in [0.2, 0.25) is 5.91 Å². The lowest BCUT2D eigenvalue weighted by Gasteiger charge is -2.37. The molecule has 0 spiro atoms. The number of aromatic nitrogens is 3. The van der Waals surface area contributed by atoms with Crippen molar-refractivity contribution >= 4 is 17.7 Å². The quantitative estimate of drug-likeness (QED) is 0.591. The molecule has 5 nitrogen and oxygen atoms in total. The van der Waals surface area contributed by atoms with E-state index in [1.165, 1.54) is 37.1 Å². The third-order valence-electron chi connectivity index (χ3n) is 5.83. The molecule has 1 aromatic carbocycles. The third-order valence-corrected chi connectivity index (χ3v) is 6.76. The molecule has 0 bridgehead atoms. The van der Waals surface area contributed by atoms with Gasteiger partial charge in [0.05, 0.1) is 11.3 Å². The standard InChI is InChI=1S/C22H29FN4OS/c1-15(2)26(16-8-4-3-5-9-16)20(28)14-29-22-25-24-21(27(22)17-12-13-17)18-10-6-7-11-19(18)23/h6-7,10-11,15-17H,3-5,8-9,12-14H2,1-2H3. The van der Waals surface area contributed by atoms with Crippen molar-refractivity contribution in [3.8, 4) is 11.4 Å². The van der Waals surface area contributed by atoms with E-state index < -0.39 is 0 Å². The lowest BCUT2D eigenvalue weighted by atomic mass is 9.93. The summed E-state index contributed by atoms with van der Waals surface area (Å²) < 4.78 is 16.3. The van der Waals surface area contributed by atoms with E-state index >= 15 is 0 Å². The molecule has 29 heavy (non-hydrogen) atoms.